The minimum Gasteiger partial charge on any atom is -0.329 e. The molecule has 1 unspecified atom stereocenters. The summed E-state index contributed by atoms with van der Waals surface area (Å²) in [6.45, 7) is 5.96. The maximum Gasteiger partial charge on any atom is 0.126 e. The highest BCUT2D eigenvalue weighted by Gasteiger charge is 2.19. The van der Waals surface area contributed by atoms with Gasteiger partial charge < -0.3 is 5.73 Å². The van der Waals surface area contributed by atoms with Crippen LogP contribution in [0.1, 0.15) is 29.8 Å². The Balaban J connectivity index is 2.22. The standard InChI is InChI=1S/C17H22FN3/c1-3-21(12-15-6-4-5-9-20-15)17(11-19)14-7-8-16(18)13(2)10-14/h4-10,17H,3,11-12,19H2,1-2H3. The Kier molecular flexibility index (Phi) is 5.42. The predicted molar refractivity (Wildman–Crippen MR) is 83.3 cm³/mol. The molecule has 0 aliphatic rings. The van der Waals surface area contributed by atoms with Crippen molar-refractivity contribution in [2.75, 3.05) is 13.1 Å². The number of likely N-dealkylation sites (N-methyl/N-ethyl adjacent to an activating group) is 1. The Morgan fingerprint density at radius 2 is 2.10 bits per heavy atom. The van der Waals surface area contributed by atoms with Gasteiger partial charge in [0.25, 0.3) is 0 Å². The van der Waals surface area contributed by atoms with Crippen molar-refractivity contribution in [3.8, 4) is 0 Å². The van der Waals surface area contributed by atoms with Crippen molar-refractivity contribution >= 4 is 0 Å². The normalized spacial score (nSPS) is 12.6. The van der Waals surface area contributed by atoms with Crippen molar-refractivity contribution < 1.29 is 4.39 Å². The van der Waals surface area contributed by atoms with Gasteiger partial charge in [-0.2, -0.15) is 0 Å². The molecule has 3 nitrogen and oxygen atoms in total. The lowest BCUT2D eigenvalue weighted by Gasteiger charge is -2.30. The van der Waals surface area contributed by atoms with Gasteiger partial charge >= 0.3 is 0 Å². The highest BCUT2D eigenvalue weighted by atomic mass is 19.1. The average Bonchev–Trinajstić information content (AvgIpc) is 2.51. The van der Waals surface area contributed by atoms with E-state index in [1.54, 1.807) is 13.1 Å². The number of hydrogen-bond acceptors (Lipinski definition) is 3. The molecular weight excluding hydrogens is 265 g/mol. The number of hydrogen-bond donors (Lipinski definition) is 1. The van der Waals surface area contributed by atoms with Gasteiger partial charge in [0.2, 0.25) is 0 Å². The molecule has 1 aromatic heterocycles. The fraction of sp³-hybridized carbons (Fsp3) is 0.353. The second-order valence-electron chi connectivity index (χ2n) is 5.14. The molecule has 0 bridgehead atoms. The van der Waals surface area contributed by atoms with Crippen LogP contribution in [-0.2, 0) is 6.54 Å². The molecule has 0 spiro atoms. The molecule has 1 heterocycles. The second-order valence-corrected chi connectivity index (χ2v) is 5.14. The molecule has 2 aromatic rings. The molecule has 1 aromatic carbocycles. The van der Waals surface area contributed by atoms with E-state index in [0.717, 1.165) is 24.3 Å². The zero-order valence-corrected chi connectivity index (χ0v) is 12.6. The number of aromatic nitrogens is 1. The van der Waals surface area contributed by atoms with Crippen molar-refractivity contribution in [1.29, 1.82) is 0 Å². The predicted octanol–water partition coefficient (Wildman–Crippen LogP) is 3.05. The van der Waals surface area contributed by atoms with E-state index in [0.29, 0.717) is 12.1 Å². The highest BCUT2D eigenvalue weighted by Crippen LogP contribution is 2.23. The van der Waals surface area contributed by atoms with Gasteiger partial charge in [0.15, 0.2) is 0 Å². The van der Waals surface area contributed by atoms with Crippen molar-refractivity contribution in [3.05, 3.63) is 65.2 Å². The molecule has 4 heteroatoms. The van der Waals surface area contributed by atoms with Crippen LogP contribution in [0.4, 0.5) is 4.39 Å². The van der Waals surface area contributed by atoms with Gasteiger partial charge in [0, 0.05) is 25.3 Å². The van der Waals surface area contributed by atoms with E-state index in [1.165, 1.54) is 6.07 Å². The van der Waals surface area contributed by atoms with Crippen molar-refractivity contribution in [2.45, 2.75) is 26.4 Å². The van der Waals surface area contributed by atoms with Crippen LogP contribution < -0.4 is 5.73 Å². The number of halogens is 1. The third-order valence-electron chi connectivity index (χ3n) is 3.73. The summed E-state index contributed by atoms with van der Waals surface area (Å²) < 4.78 is 13.4. The first-order chi connectivity index (χ1) is 10.2. The third kappa shape index (κ3) is 3.86. The number of benzene rings is 1. The van der Waals surface area contributed by atoms with Crippen LogP contribution in [0, 0.1) is 12.7 Å². The van der Waals surface area contributed by atoms with Crippen LogP contribution in [0.5, 0.6) is 0 Å². The average molecular weight is 287 g/mol. The molecule has 21 heavy (non-hydrogen) atoms. The lowest BCUT2D eigenvalue weighted by Crippen LogP contribution is -2.33. The van der Waals surface area contributed by atoms with E-state index >= 15 is 0 Å². The molecular formula is C17H22FN3. The molecule has 0 saturated carbocycles. The molecule has 112 valence electrons. The largest absolute Gasteiger partial charge is 0.329 e. The number of nitrogens with zero attached hydrogens (tertiary/aromatic N) is 2. The molecule has 0 saturated heterocycles. The van der Waals surface area contributed by atoms with E-state index in [2.05, 4.69) is 16.8 Å². The number of aryl methyl sites for hydroxylation is 1. The smallest absolute Gasteiger partial charge is 0.126 e. The van der Waals surface area contributed by atoms with Crippen LogP contribution in [-0.4, -0.2) is 23.0 Å². The lowest BCUT2D eigenvalue weighted by atomic mass is 10.0. The number of pyridine rings is 1. The van der Waals surface area contributed by atoms with Crippen LogP contribution in [0.25, 0.3) is 0 Å². The molecule has 0 amide bonds. The van der Waals surface area contributed by atoms with Crippen LogP contribution in [0.15, 0.2) is 42.6 Å². The molecule has 1 atom stereocenters. The topological polar surface area (TPSA) is 42.2 Å². The van der Waals surface area contributed by atoms with Gasteiger partial charge in [-0.3, -0.25) is 9.88 Å². The molecule has 0 fully saturated rings. The first kappa shape index (κ1) is 15.6. The summed E-state index contributed by atoms with van der Waals surface area (Å²) in [4.78, 5) is 6.62. The monoisotopic (exact) mass is 287 g/mol. The maximum absolute atomic E-state index is 13.4. The van der Waals surface area contributed by atoms with E-state index in [4.69, 9.17) is 5.73 Å². The van der Waals surface area contributed by atoms with E-state index < -0.39 is 0 Å². The Bertz CT molecular complexity index is 572. The van der Waals surface area contributed by atoms with Gasteiger partial charge in [-0.05, 0) is 42.8 Å². The summed E-state index contributed by atoms with van der Waals surface area (Å²) in [6.07, 6.45) is 1.79. The zero-order chi connectivity index (χ0) is 15.2. The number of rotatable bonds is 6. The van der Waals surface area contributed by atoms with Gasteiger partial charge in [0.05, 0.1) is 5.69 Å². The van der Waals surface area contributed by atoms with Crippen molar-refractivity contribution in [2.24, 2.45) is 5.73 Å². The van der Waals surface area contributed by atoms with E-state index in [-0.39, 0.29) is 11.9 Å². The van der Waals surface area contributed by atoms with Gasteiger partial charge in [-0.25, -0.2) is 4.39 Å². The van der Waals surface area contributed by atoms with Crippen molar-refractivity contribution in [1.82, 2.24) is 9.88 Å². The van der Waals surface area contributed by atoms with Gasteiger partial charge in [-0.1, -0.05) is 25.1 Å². The van der Waals surface area contributed by atoms with Crippen LogP contribution >= 0.6 is 0 Å². The summed E-state index contributed by atoms with van der Waals surface area (Å²) >= 11 is 0. The molecule has 0 aliphatic carbocycles. The summed E-state index contributed by atoms with van der Waals surface area (Å²) in [7, 11) is 0. The highest BCUT2D eigenvalue weighted by molar-refractivity contribution is 5.27. The third-order valence-corrected chi connectivity index (χ3v) is 3.73. The van der Waals surface area contributed by atoms with Crippen LogP contribution in [0.3, 0.4) is 0 Å². The maximum atomic E-state index is 13.4. The zero-order valence-electron chi connectivity index (χ0n) is 12.6. The second kappa shape index (κ2) is 7.29. The lowest BCUT2D eigenvalue weighted by molar-refractivity contribution is 0.201. The van der Waals surface area contributed by atoms with Crippen molar-refractivity contribution in [3.63, 3.8) is 0 Å². The summed E-state index contributed by atoms with van der Waals surface area (Å²) in [6, 6.07) is 11.2. The van der Waals surface area contributed by atoms with Gasteiger partial charge in [-0.15, -0.1) is 0 Å². The molecule has 0 radical (unpaired) electrons. The minimum atomic E-state index is -0.178. The molecule has 2 rings (SSSR count). The summed E-state index contributed by atoms with van der Waals surface area (Å²) in [5.41, 5.74) is 8.68. The first-order valence-corrected chi connectivity index (χ1v) is 7.25. The molecule has 2 N–H and O–H groups in total. The van der Waals surface area contributed by atoms with Crippen LogP contribution in [0.2, 0.25) is 0 Å². The molecule has 0 aliphatic heterocycles. The Morgan fingerprint density at radius 3 is 2.67 bits per heavy atom. The van der Waals surface area contributed by atoms with E-state index in [9.17, 15) is 4.39 Å². The Hall–Kier alpha value is -1.78. The first-order valence-electron chi connectivity index (χ1n) is 7.25. The van der Waals surface area contributed by atoms with Gasteiger partial charge in [0.1, 0.15) is 5.82 Å². The fourth-order valence-electron chi connectivity index (χ4n) is 2.51. The fourth-order valence-corrected chi connectivity index (χ4v) is 2.51. The SMILES string of the molecule is CCN(Cc1ccccn1)C(CN)c1ccc(F)c(C)c1. The summed E-state index contributed by atoms with van der Waals surface area (Å²) in [5.74, 6) is -0.178. The Labute approximate surface area is 125 Å². The Morgan fingerprint density at radius 1 is 1.29 bits per heavy atom. The summed E-state index contributed by atoms with van der Waals surface area (Å²) in [5, 5.41) is 0. The van der Waals surface area contributed by atoms with E-state index in [1.807, 2.05) is 30.3 Å². The minimum absolute atomic E-state index is 0.0660. The number of nitrogens with two attached hydrogens (primary N) is 1. The quantitative estimate of drug-likeness (QED) is 0.888.